The lowest BCUT2D eigenvalue weighted by Gasteiger charge is -2.34. The molecule has 3 aromatic rings. The first-order valence-electron chi connectivity index (χ1n) is 14.2. The maximum Gasteiger partial charge on any atom is 0.264 e. The van der Waals surface area contributed by atoms with Crippen LogP contribution >= 0.6 is 23.2 Å². The third kappa shape index (κ3) is 7.46. The number of nitrogens with one attached hydrogen (secondary N) is 1. The van der Waals surface area contributed by atoms with Gasteiger partial charge < -0.3 is 10.2 Å². The second-order valence-corrected chi connectivity index (χ2v) is 13.5. The third-order valence-corrected chi connectivity index (χ3v) is 10.2. The zero-order valence-corrected chi connectivity index (χ0v) is 26.5. The van der Waals surface area contributed by atoms with Crippen molar-refractivity contribution in [2.45, 2.75) is 76.4 Å². The van der Waals surface area contributed by atoms with E-state index in [-0.39, 0.29) is 23.4 Å². The molecule has 0 aliphatic heterocycles. The van der Waals surface area contributed by atoms with Crippen LogP contribution in [0.25, 0.3) is 0 Å². The molecule has 4 rings (SSSR count). The largest absolute Gasteiger partial charge is 0.352 e. The molecule has 42 heavy (non-hydrogen) atoms. The van der Waals surface area contributed by atoms with Crippen molar-refractivity contribution in [1.29, 1.82) is 0 Å². The molecule has 0 aromatic heterocycles. The minimum Gasteiger partial charge on any atom is -0.352 e. The normalized spacial score (nSPS) is 14.4. The molecule has 1 unspecified atom stereocenters. The van der Waals surface area contributed by atoms with E-state index >= 15 is 0 Å². The van der Waals surface area contributed by atoms with Crippen molar-refractivity contribution in [3.05, 3.63) is 93.5 Å². The van der Waals surface area contributed by atoms with Crippen molar-refractivity contribution in [2.75, 3.05) is 10.8 Å². The Hall–Kier alpha value is -3.07. The van der Waals surface area contributed by atoms with Crippen molar-refractivity contribution >= 4 is 50.7 Å². The van der Waals surface area contributed by atoms with Gasteiger partial charge in [-0.3, -0.25) is 13.9 Å². The Kier molecular flexibility index (Phi) is 10.6. The highest BCUT2D eigenvalue weighted by Crippen LogP contribution is 2.29. The summed E-state index contributed by atoms with van der Waals surface area (Å²) < 4.78 is 29.1. The predicted molar refractivity (Wildman–Crippen MR) is 168 cm³/mol. The Bertz CT molecular complexity index is 1490. The average molecular weight is 631 g/mol. The predicted octanol–water partition coefficient (Wildman–Crippen LogP) is 6.67. The minimum atomic E-state index is -4.14. The minimum absolute atomic E-state index is 0.0541. The van der Waals surface area contributed by atoms with Crippen LogP contribution in [0.15, 0.2) is 71.6 Å². The van der Waals surface area contributed by atoms with Crippen molar-refractivity contribution < 1.29 is 18.0 Å². The molecule has 0 radical (unpaired) electrons. The van der Waals surface area contributed by atoms with E-state index in [1.54, 1.807) is 54.6 Å². The van der Waals surface area contributed by atoms with E-state index in [1.807, 2.05) is 20.8 Å². The molecule has 1 aliphatic carbocycles. The van der Waals surface area contributed by atoms with Gasteiger partial charge in [0, 0.05) is 28.2 Å². The van der Waals surface area contributed by atoms with E-state index < -0.39 is 28.5 Å². The standard InChI is InChI=1S/C32H37Cl2N3O4S/c1-4-30(32(39)35-24-8-5-6-9-24)36(20-27-28(33)10-7-11-29(27)34)31(38)21-37(25-16-12-22(2)13-17-25)42(40,41)26-18-14-23(3)15-19-26/h7,10-19,24,30H,4-6,8-9,20-21H2,1-3H3,(H,35,39). The number of hydrogen-bond acceptors (Lipinski definition) is 4. The Morgan fingerprint density at radius 3 is 2.00 bits per heavy atom. The highest BCUT2D eigenvalue weighted by atomic mass is 35.5. The van der Waals surface area contributed by atoms with Crippen LogP contribution in [0.2, 0.25) is 10.0 Å². The first-order chi connectivity index (χ1) is 20.0. The second kappa shape index (κ2) is 13.9. The van der Waals surface area contributed by atoms with Crippen LogP contribution in [0.1, 0.15) is 55.7 Å². The summed E-state index contributed by atoms with van der Waals surface area (Å²) in [6.45, 7) is 5.03. The van der Waals surface area contributed by atoms with E-state index in [1.165, 1.54) is 17.0 Å². The lowest BCUT2D eigenvalue weighted by atomic mass is 10.1. The van der Waals surface area contributed by atoms with Gasteiger partial charge in [0.1, 0.15) is 12.6 Å². The van der Waals surface area contributed by atoms with Crippen LogP contribution in [0, 0.1) is 13.8 Å². The number of nitrogens with zero attached hydrogens (tertiary/aromatic N) is 2. The molecular weight excluding hydrogens is 593 g/mol. The number of anilines is 1. The number of benzene rings is 3. The Labute approximate surface area is 258 Å². The highest BCUT2D eigenvalue weighted by molar-refractivity contribution is 7.92. The molecule has 0 heterocycles. The van der Waals surface area contributed by atoms with Crippen molar-refractivity contribution in [1.82, 2.24) is 10.2 Å². The van der Waals surface area contributed by atoms with Crippen LogP contribution in [0.4, 0.5) is 5.69 Å². The quantitative estimate of drug-likeness (QED) is 0.256. The number of halogens is 2. The maximum absolute atomic E-state index is 14.2. The van der Waals surface area contributed by atoms with E-state index in [4.69, 9.17) is 23.2 Å². The van der Waals surface area contributed by atoms with Gasteiger partial charge >= 0.3 is 0 Å². The maximum atomic E-state index is 14.2. The van der Waals surface area contributed by atoms with E-state index in [0.29, 0.717) is 27.7 Å². The summed E-state index contributed by atoms with van der Waals surface area (Å²) in [5.74, 6) is -0.820. The molecular formula is C32H37Cl2N3O4S. The Morgan fingerprint density at radius 1 is 0.905 bits per heavy atom. The first kappa shape index (κ1) is 31.9. The molecule has 1 aliphatic rings. The molecule has 10 heteroatoms. The molecule has 1 fully saturated rings. The molecule has 0 bridgehead atoms. The number of sulfonamides is 1. The first-order valence-corrected chi connectivity index (χ1v) is 16.4. The van der Waals surface area contributed by atoms with Crippen LogP contribution < -0.4 is 9.62 Å². The molecule has 1 atom stereocenters. The molecule has 2 amide bonds. The van der Waals surface area contributed by atoms with Crippen LogP contribution in [-0.2, 0) is 26.2 Å². The van der Waals surface area contributed by atoms with E-state index in [0.717, 1.165) is 41.1 Å². The molecule has 1 saturated carbocycles. The average Bonchev–Trinajstić information content (AvgIpc) is 3.47. The van der Waals surface area contributed by atoms with E-state index in [2.05, 4.69) is 5.32 Å². The third-order valence-electron chi connectivity index (χ3n) is 7.69. The SMILES string of the molecule is CCC(C(=O)NC1CCCC1)N(Cc1c(Cl)cccc1Cl)C(=O)CN(c1ccc(C)cc1)S(=O)(=O)c1ccc(C)cc1. The molecule has 0 saturated heterocycles. The number of carbonyl (C=O) groups excluding carboxylic acids is 2. The van der Waals surface area contributed by atoms with Crippen LogP contribution in [0.5, 0.6) is 0 Å². The van der Waals surface area contributed by atoms with Gasteiger partial charge in [-0.2, -0.15) is 0 Å². The van der Waals surface area contributed by atoms with Gasteiger partial charge in [0.25, 0.3) is 10.0 Å². The fourth-order valence-corrected chi connectivity index (χ4v) is 7.15. The van der Waals surface area contributed by atoms with Gasteiger partial charge in [0.2, 0.25) is 11.8 Å². The van der Waals surface area contributed by atoms with E-state index in [9.17, 15) is 18.0 Å². The topological polar surface area (TPSA) is 86.8 Å². The van der Waals surface area contributed by atoms with Crippen molar-refractivity contribution in [3.8, 4) is 0 Å². The van der Waals surface area contributed by atoms with Gasteiger partial charge in [-0.05, 0) is 69.5 Å². The van der Waals surface area contributed by atoms with Crippen LogP contribution in [0.3, 0.4) is 0 Å². The zero-order valence-electron chi connectivity index (χ0n) is 24.1. The fourth-order valence-electron chi connectivity index (χ4n) is 5.22. The summed E-state index contributed by atoms with van der Waals surface area (Å²) in [7, 11) is -4.14. The summed E-state index contributed by atoms with van der Waals surface area (Å²) >= 11 is 13.0. The number of hydrogen-bond donors (Lipinski definition) is 1. The Balaban J connectivity index is 1.74. The number of aryl methyl sites for hydroxylation is 2. The Morgan fingerprint density at radius 2 is 1.45 bits per heavy atom. The molecule has 3 aromatic carbocycles. The van der Waals surface area contributed by atoms with Gasteiger partial charge in [-0.1, -0.05) is 84.4 Å². The molecule has 7 nitrogen and oxygen atoms in total. The van der Waals surface area contributed by atoms with Gasteiger partial charge in [-0.15, -0.1) is 0 Å². The van der Waals surface area contributed by atoms with Crippen molar-refractivity contribution in [2.24, 2.45) is 0 Å². The fraction of sp³-hybridized carbons (Fsp3) is 0.375. The molecule has 224 valence electrons. The lowest BCUT2D eigenvalue weighted by molar-refractivity contribution is -0.140. The van der Waals surface area contributed by atoms with Gasteiger partial charge in [-0.25, -0.2) is 8.42 Å². The summed E-state index contributed by atoms with van der Waals surface area (Å²) in [6.07, 6.45) is 4.19. The number of carbonyl (C=O) groups is 2. The number of rotatable bonds is 11. The van der Waals surface area contributed by atoms with Gasteiger partial charge in [0.05, 0.1) is 10.6 Å². The molecule has 1 N–H and O–H groups in total. The van der Waals surface area contributed by atoms with Crippen molar-refractivity contribution in [3.63, 3.8) is 0 Å². The zero-order chi connectivity index (χ0) is 30.4. The summed E-state index contributed by atoms with van der Waals surface area (Å²) in [6, 6.07) is 17.7. The van der Waals surface area contributed by atoms with Crippen LogP contribution in [-0.4, -0.2) is 43.8 Å². The van der Waals surface area contributed by atoms with Gasteiger partial charge in [0.15, 0.2) is 0 Å². The summed E-state index contributed by atoms with van der Waals surface area (Å²) in [5.41, 5.74) is 2.69. The smallest absolute Gasteiger partial charge is 0.264 e. The number of amides is 2. The lowest BCUT2D eigenvalue weighted by Crippen LogP contribution is -2.53. The monoisotopic (exact) mass is 629 g/mol. The highest BCUT2D eigenvalue weighted by Gasteiger charge is 2.35. The summed E-state index contributed by atoms with van der Waals surface area (Å²) in [4.78, 5) is 29.3. The molecule has 0 spiro atoms. The summed E-state index contributed by atoms with van der Waals surface area (Å²) in [5, 5.41) is 3.81. The second-order valence-electron chi connectivity index (χ2n) is 10.8.